The number of hydrogen-bond acceptors (Lipinski definition) is 5. The predicted molar refractivity (Wildman–Crippen MR) is 95.7 cm³/mol. The van der Waals surface area contributed by atoms with Crippen LogP contribution in [-0.2, 0) is 9.53 Å². The van der Waals surface area contributed by atoms with Crippen LogP contribution in [0.4, 0.5) is 10.1 Å². The summed E-state index contributed by atoms with van der Waals surface area (Å²) in [5.74, 6) is -1.81. The van der Waals surface area contributed by atoms with E-state index in [2.05, 4.69) is 0 Å². The van der Waals surface area contributed by atoms with Gasteiger partial charge in [-0.1, -0.05) is 24.3 Å². The number of aryl methyl sites for hydroxylation is 1. The number of carbonyl (C=O) groups excluding carboxylic acids is 2. The van der Waals surface area contributed by atoms with E-state index in [9.17, 15) is 24.1 Å². The van der Waals surface area contributed by atoms with E-state index in [1.807, 2.05) is 0 Å². The first-order chi connectivity index (χ1) is 12.7. The minimum atomic E-state index is -0.943. The van der Waals surface area contributed by atoms with Gasteiger partial charge in [0.25, 0.3) is 11.6 Å². The van der Waals surface area contributed by atoms with Crippen LogP contribution in [0.5, 0.6) is 0 Å². The Morgan fingerprint density at radius 2 is 1.85 bits per heavy atom. The third-order valence-corrected chi connectivity index (χ3v) is 4.29. The van der Waals surface area contributed by atoms with Crippen LogP contribution < -0.4 is 0 Å². The number of para-hydroxylation sites is 1. The Morgan fingerprint density at radius 1 is 1.22 bits per heavy atom. The minimum Gasteiger partial charge on any atom is -0.452 e. The van der Waals surface area contributed by atoms with E-state index in [0.29, 0.717) is 11.1 Å². The fourth-order valence-electron chi connectivity index (χ4n) is 2.55. The molecule has 1 amide bonds. The van der Waals surface area contributed by atoms with E-state index in [4.69, 9.17) is 4.74 Å². The third-order valence-electron chi connectivity index (χ3n) is 4.29. The lowest BCUT2D eigenvalue weighted by Gasteiger charge is -2.25. The first-order valence-electron chi connectivity index (χ1n) is 8.14. The van der Waals surface area contributed by atoms with Crippen LogP contribution >= 0.6 is 0 Å². The number of hydrogen-bond donors (Lipinski definition) is 0. The van der Waals surface area contributed by atoms with E-state index < -0.39 is 23.4 Å². The molecule has 0 saturated carbocycles. The Morgan fingerprint density at radius 3 is 2.44 bits per heavy atom. The number of esters is 1. The fraction of sp³-hybridized carbons (Fsp3) is 0.263. The Hall–Kier alpha value is -3.29. The van der Waals surface area contributed by atoms with Crippen LogP contribution in [0.1, 0.15) is 34.5 Å². The highest BCUT2D eigenvalue weighted by Crippen LogP contribution is 2.24. The average molecular weight is 374 g/mol. The molecule has 7 nitrogen and oxygen atoms in total. The summed E-state index contributed by atoms with van der Waals surface area (Å²) in [5.41, 5.74) is 0.487. The molecule has 2 rings (SSSR count). The van der Waals surface area contributed by atoms with Crippen molar-refractivity contribution in [2.45, 2.75) is 19.9 Å². The number of amides is 1. The van der Waals surface area contributed by atoms with Crippen molar-refractivity contribution in [2.75, 3.05) is 13.7 Å². The average Bonchev–Trinajstić information content (AvgIpc) is 2.64. The number of nitrogens with zero attached hydrogens (tertiary/aromatic N) is 2. The van der Waals surface area contributed by atoms with Crippen LogP contribution in [0.25, 0.3) is 0 Å². The number of rotatable bonds is 6. The van der Waals surface area contributed by atoms with Gasteiger partial charge in [0.2, 0.25) is 0 Å². The van der Waals surface area contributed by atoms with Crippen molar-refractivity contribution >= 4 is 17.6 Å². The van der Waals surface area contributed by atoms with Crippen molar-refractivity contribution in [2.24, 2.45) is 0 Å². The van der Waals surface area contributed by atoms with Gasteiger partial charge in [-0.15, -0.1) is 0 Å². The summed E-state index contributed by atoms with van der Waals surface area (Å²) in [7, 11) is 1.53. The van der Waals surface area contributed by atoms with Gasteiger partial charge in [-0.05, 0) is 37.6 Å². The molecule has 0 heterocycles. The quantitative estimate of drug-likeness (QED) is 0.439. The van der Waals surface area contributed by atoms with E-state index >= 15 is 0 Å². The largest absolute Gasteiger partial charge is 0.452 e. The summed E-state index contributed by atoms with van der Waals surface area (Å²) in [4.78, 5) is 36.3. The molecule has 0 spiro atoms. The molecule has 8 heteroatoms. The molecule has 27 heavy (non-hydrogen) atoms. The summed E-state index contributed by atoms with van der Waals surface area (Å²) in [6.07, 6.45) is 0. The molecule has 2 aromatic carbocycles. The summed E-state index contributed by atoms with van der Waals surface area (Å²) in [6, 6.07) is 9.63. The van der Waals surface area contributed by atoms with Gasteiger partial charge in [-0.3, -0.25) is 14.9 Å². The second-order valence-corrected chi connectivity index (χ2v) is 6.04. The molecule has 0 radical (unpaired) electrons. The van der Waals surface area contributed by atoms with Crippen molar-refractivity contribution in [1.82, 2.24) is 4.90 Å². The molecule has 142 valence electrons. The second kappa shape index (κ2) is 8.39. The number of nitro benzene ring substituents is 1. The van der Waals surface area contributed by atoms with Crippen LogP contribution in [0, 0.1) is 22.9 Å². The SMILES string of the molecule is Cc1cccc(C(=O)OCC(=O)N(C)[C@@H](C)c2ccc(F)cc2)c1[N+](=O)[O-]. The molecule has 2 aromatic rings. The number of carbonyl (C=O) groups is 2. The number of ether oxygens (including phenoxy) is 1. The summed E-state index contributed by atoms with van der Waals surface area (Å²) >= 11 is 0. The molecular formula is C19H19FN2O5. The first kappa shape index (κ1) is 20.0. The van der Waals surface area contributed by atoms with Crippen molar-refractivity contribution in [3.05, 3.63) is 75.1 Å². The predicted octanol–water partition coefficient (Wildman–Crippen LogP) is 3.42. The topological polar surface area (TPSA) is 89.8 Å². The zero-order valence-electron chi connectivity index (χ0n) is 15.1. The highest BCUT2D eigenvalue weighted by molar-refractivity contribution is 5.95. The lowest BCUT2D eigenvalue weighted by molar-refractivity contribution is -0.385. The number of likely N-dealkylation sites (N-methyl/N-ethyl adjacent to an activating group) is 1. The van der Waals surface area contributed by atoms with Gasteiger partial charge >= 0.3 is 5.97 Å². The van der Waals surface area contributed by atoms with Gasteiger partial charge in [0.15, 0.2) is 6.61 Å². The van der Waals surface area contributed by atoms with Crippen LogP contribution in [0.3, 0.4) is 0 Å². The highest BCUT2D eigenvalue weighted by atomic mass is 19.1. The Bertz CT molecular complexity index is 867. The van der Waals surface area contributed by atoms with Crippen molar-refractivity contribution in [1.29, 1.82) is 0 Å². The normalized spacial score (nSPS) is 11.6. The summed E-state index contributed by atoms with van der Waals surface area (Å²) in [6.45, 7) is 2.70. The van der Waals surface area contributed by atoms with Crippen LogP contribution in [0.2, 0.25) is 0 Å². The zero-order valence-corrected chi connectivity index (χ0v) is 15.1. The maximum atomic E-state index is 13.0. The lowest BCUT2D eigenvalue weighted by atomic mass is 10.1. The molecule has 0 unspecified atom stereocenters. The summed E-state index contributed by atoms with van der Waals surface area (Å²) < 4.78 is 18.0. The van der Waals surface area contributed by atoms with Gasteiger partial charge in [0.1, 0.15) is 11.4 Å². The maximum absolute atomic E-state index is 13.0. The number of halogens is 1. The van der Waals surface area contributed by atoms with E-state index in [0.717, 1.165) is 0 Å². The molecule has 1 atom stereocenters. The van der Waals surface area contributed by atoms with Gasteiger partial charge in [0, 0.05) is 12.6 Å². The number of nitro groups is 1. The van der Waals surface area contributed by atoms with Gasteiger partial charge in [-0.2, -0.15) is 0 Å². The van der Waals surface area contributed by atoms with Crippen molar-refractivity contribution in [3.8, 4) is 0 Å². The standard InChI is InChI=1S/C19H19FN2O5/c1-12-5-4-6-16(18(12)22(25)26)19(24)27-11-17(23)21(3)13(2)14-7-9-15(20)10-8-14/h4-10,13H,11H2,1-3H3/t13-/m0/s1. The van der Waals surface area contributed by atoms with Gasteiger partial charge in [0.05, 0.1) is 11.0 Å². The smallest absolute Gasteiger partial charge is 0.345 e. The molecule has 0 aliphatic heterocycles. The van der Waals surface area contributed by atoms with Crippen LogP contribution in [0.15, 0.2) is 42.5 Å². The minimum absolute atomic E-state index is 0.206. The second-order valence-electron chi connectivity index (χ2n) is 6.04. The molecule has 0 saturated heterocycles. The molecule has 0 aliphatic rings. The molecule has 0 N–H and O–H groups in total. The molecule has 0 bridgehead atoms. The molecule has 0 aliphatic carbocycles. The van der Waals surface area contributed by atoms with E-state index in [1.54, 1.807) is 19.1 Å². The fourth-order valence-corrected chi connectivity index (χ4v) is 2.55. The lowest BCUT2D eigenvalue weighted by Crippen LogP contribution is -2.33. The Balaban J connectivity index is 2.04. The monoisotopic (exact) mass is 374 g/mol. The van der Waals surface area contributed by atoms with E-state index in [-0.39, 0.29) is 23.1 Å². The van der Waals surface area contributed by atoms with Crippen molar-refractivity contribution < 1.29 is 23.6 Å². The number of benzene rings is 2. The Labute approximate surface area is 155 Å². The molecule has 0 aromatic heterocycles. The Kier molecular flexibility index (Phi) is 6.23. The summed E-state index contributed by atoms with van der Waals surface area (Å²) in [5, 5.41) is 11.2. The van der Waals surface area contributed by atoms with Crippen molar-refractivity contribution in [3.63, 3.8) is 0 Å². The van der Waals surface area contributed by atoms with Gasteiger partial charge < -0.3 is 9.64 Å². The molecule has 0 fully saturated rings. The highest BCUT2D eigenvalue weighted by Gasteiger charge is 2.25. The van der Waals surface area contributed by atoms with Crippen LogP contribution in [-0.4, -0.2) is 35.4 Å². The van der Waals surface area contributed by atoms with Gasteiger partial charge in [-0.25, -0.2) is 9.18 Å². The first-order valence-corrected chi connectivity index (χ1v) is 8.14. The molecular weight excluding hydrogens is 355 g/mol. The van der Waals surface area contributed by atoms with E-state index in [1.165, 1.54) is 49.2 Å². The third kappa shape index (κ3) is 4.66. The maximum Gasteiger partial charge on any atom is 0.345 e. The zero-order chi connectivity index (χ0) is 20.1.